The molecule has 2 heterocycles. The van der Waals surface area contributed by atoms with Crippen molar-refractivity contribution in [3.8, 4) is 11.1 Å². The highest BCUT2D eigenvalue weighted by Crippen LogP contribution is 2.33. The molecule has 1 saturated heterocycles. The highest BCUT2D eigenvalue weighted by Gasteiger charge is 2.25. The second-order valence-corrected chi connectivity index (χ2v) is 10.0. The summed E-state index contributed by atoms with van der Waals surface area (Å²) >= 11 is 0. The van der Waals surface area contributed by atoms with E-state index in [0.717, 1.165) is 50.0 Å². The van der Waals surface area contributed by atoms with Gasteiger partial charge in [-0.2, -0.15) is 0 Å². The van der Waals surface area contributed by atoms with Gasteiger partial charge in [-0.3, -0.25) is 10.2 Å². The summed E-state index contributed by atoms with van der Waals surface area (Å²) in [5.41, 5.74) is 3.52. The second kappa shape index (κ2) is 12.2. The molecular formula is C29H37N5O4. The molecule has 2 aliphatic rings. The van der Waals surface area contributed by atoms with E-state index in [1.807, 2.05) is 30.9 Å². The minimum absolute atomic E-state index is 0.00247. The third-order valence-corrected chi connectivity index (χ3v) is 6.80. The molecule has 1 aromatic heterocycles. The molecule has 38 heavy (non-hydrogen) atoms. The number of esters is 1. The van der Waals surface area contributed by atoms with Gasteiger partial charge in [0.05, 0.1) is 18.8 Å². The van der Waals surface area contributed by atoms with Gasteiger partial charge >= 0.3 is 5.97 Å². The molecule has 0 radical (unpaired) electrons. The molecule has 0 unspecified atom stereocenters. The Bertz CT molecular complexity index is 1210. The minimum Gasteiger partial charge on any atom is -0.475 e. The average Bonchev–Trinajstić information content (AvgIpc) is 2.92. The van der Waals surface area contributed by atoms with Crippen LogP contribution in [0.25, 0.3) is 11.1 Å². The fourth-order valence-electron chi connectivity index (χ4n) is 4.69. The molecule has 2 aromatic rings. The SMILES string of the molecule is COC(=O)c1cc(-c2ccc(C(=O)N3CCN(C)CC3)cc2)c(C(=N)OC(C)C)c(NC2=CCCCC2)n1. The lowest BCUT2D eigenvalue weighted by Gasteiger charge is -2.32. The summed E-state index contributed by atoms with van der Waals surface area (Å²) in [4.78, 5) is 34.3. The number of carbonyl (C=O) groups excluding carboxylic acids is 2. The van der Waals surface area contributed by atoms with E-state index in [1.165, 1.54) is 7.11 Å². The van der Waals surface area contributed by atoms with Crippen molar-refractivity contribution in [2.75, 3.05) is 45.7 Å². The van der Waals surface area contributed by atoms with E-state index < -0.39 is 5.97 Å². The maximum atomic E-state index is 13.1. The lowest BCUT2D eigenvalue weighted by atomic mass is 9.97. The lowest BCUT2D eigenvalue weighted by molar-refractivity contribution is 0.0593. The predicted molar refractivity (Wildman–Crippen MR) is 148 cm³/mol. The van der Waals surface area contributed by atoms with Gasteiger partial charge in [0, 0.05) is 43.0 Å². The van der Waals surface area contributed by atoms with Crippen LogP contribution < -0.4 is 5.32 Å². The maximum absolute atomic E-state index is 13.1. The molecule has 2 N–H and O–H groups in total. The van der Waals surface area contributed by atoms with Gasteiger partial charge in [0.25, 0.3) is 5.91 Å². The van der Waals surface area contributed by atoms with E-state index in [0.29, 0.717) is 35.6 Å². The van der Waals surface area contributed by atoms with Crippen molar-refractivity contribution in [3.05, 3.63) is 58.9 Å². The molecule has 1 aromatic carbocycles. The Morgan fingerprint density at radius 2 is 1.79 bits per heavy atom. The summed E-state index contributed by atoms with van der Waals surface area (Å²) in [6.45, 7) is 6.82. The molecule has 1 aliphatic carbocycles. The van der Waals surface area contributed by atoms with E-state index in [1.54, 1.807) is 18.2 Å². The summed E-state index contributed by atoms with van der Waals surface area (Å²) in [6, 6.07) is 8.89. The molecular weight excluding hydrogens is 482 g/mol. The Morgan fingerprint density at radius 3 is 2.39 bits per heavy atom. The number of nitrogens with one attached hydrogen (secondary N) is 2. The van der Waals surface area contributed by atoms with Crippen molar-refractivity contribution in [3.63, 3.8) is 0 Å². The monoisotopic (exact) mass is 519 g/mol. The molecule has 9 nitrogen and oxygen atoms in total. The number of rotatable bonds is 7. The number of anilines is 1. The molecule has 1 aliphatic heterocycles. The first-order valence-electron chi connectivity index (χ1n) is 13.2. The van der Waals surface area contributed by atoms with Gasteiger partial charge in [-0.25, -0.2) is 9.78 Å². The summed E-state index contributed by atoms with van der Waals surface area (Å²) in [5, 5.41) is 12.2. The number of likely N-dealkylation sites (N-methyl/N-ethyl adjacent to an activating group) is 1. The number of allylic oxidation sites excluding steroid dienone is 2. The van der Waals surface area contributed by atoms with E-state index in [9.17, 15) is 9.59 Å². The van der Waals surface area contributed by atoms with Crippen LogP contribution in [0, 0.1) is 5.41 Å². The van der Waals surface area contributed by atoms with Crippen LogP contribution in [0.4, 0.5) is 5.82 Å². The molecule has 4 rings (SSSR count). The Morgan fingerprint density at radius 1 is 1.08 bits per heavy atom. The standard InChI is InChI=1S/C29H37N5O4/c1-19(2)38-26(30)25-23(18-24(29(36)37-4)32-27(25)31-22-8-6-5-7-9-22)20-10-12-21(13-11-20)28(35)34-16-14-33(3)15-17-34/h8,10-13,18-19,30H,5-7,9,14-17H2,1-4H3,(H,31,32). The Kier molecular flexibility index (Phi) is 8.78. The van der Waals surface area contributed by atoms with Gasteiger partial charge in [-0.15, -0.1) is 0 Å². The zero-order valence-corrected chi connectivity index (χ0v) is 22.7. The quantitative estimate of drug-likeness (QED) is 0.314. The molecule has 0 atom stereocenters. The number of pyridine rings is 1. The Balaban J connectivity index is 1.76. The number of ether oxygens (including phenoxy) is 2. The maximum Gasteiger partial charge on any atom is 0.356 e. The molecule has 9 heteroatoms. The van der Waals surface area contributed by atoms with Crippen molar-refractivity contribution >= 4 is 23.6 Å². The van der Waals surface area contributed by atoms with E-state index in [2.05, 4.69) is 28.3 Å². The number of methoxy groups -OCH3 is 1. The van der Waals surface area contributed by atoms with Gasteiger partial charge < -0.3 is 24.6 Å². The first-order chi connectivity index (χ1) is 18.3. The zero-order chi connectivity index (χ0) is 27.2. The first kappa shape index (κ1) is 27.3. The van der Waals surface area contributed by atoms with E-state index in [4.69, 9.17) is 14.9 Å². The molecule has 1 fully saturated rings. The van der Waals surface area contributed by atoms with Crippen LogP contribution in [0.3, 0.4) is 0 Å². The topological polar surface area (TPSA) is 108 Å². The average molecular weight is 520 g/mol. The first-order valence-corrected chi connectivity index (χ1v) is 13.2. The minimum atomic E-state index is -0.573. The number of hydrogen-bond acceptors (Lipinski definition) is 8. The number of amides is 1. The van der Waals surface area contributed by atoms with Crippen LogP contribution in [0.2, 0.25) is 0 Å². The van der Waals surface area contributed by atoms with E-state index >= 15 is 0 Å². The third-order valence-electron chi connectivity index (χ3n) is 6.80. The number of carbonyl (C=O) groups is 2. The van der Waals surface area contributed by atoms with Gasteiger partial charge in [-0.1, -0.05) is 18.2 Å². The van der Waals surface area contributed by atoms with Gasteiger partial charge in [-0.05, 0) is 70.3 Å². The van der Waals surface area contributed by atoms with Crippen molar-refractivity contribution < 1.29 is 19.1 Å². The summed E-state index contributed by atoms with van der Waals surface area (Å²) in [7, 11) is 3.37. The Labute approximate surface area is 224 Å². The van der Waals surface area contributed by atoms with Gasteiger partial charge in [0.1, 0.15) is 5.82 Å². The largest absolute Gasteiger partial charge is 0.475 e. The van der Waals surface area contributed by atoms with Gasteiger partial charge in [0.15, 0.2) is 5.69 Å². The van der Waals surface area contributed by atoms with Crippen LogP contribution in [0.5, 0.6) is 0 Å². The van der Waals surface area contributed by atoms with Crippen LogP contribution in [-0.2, 0) is 9.47 Å². The predicted octanol–water partition coefficient (Wildman–Crippen LogP) is 4.54. The number of hydrogen-bond donors (Lipinski definition) is 2. The van der Waals surface area contributed by atoms with E-state index in [-0.39, 0.29) is 23.6 Å². The summed E-state index contributed by atoms with van der Waals surface area (Å²) in [5.74, 6) is -0.247. The second-order valence-electron chi connectivity index (χ2n) is 10.0. The summed E-state index contributed by atoms with van der Waals surface area (Å²) in [6.07, 6.45) is 5.92. The van der Waals surface area contributed by atoms with Crippen LogP contribution in [-0.4, -0.2) is 79.0 Å². The fourth-order valence-corrected chi connectivity index (χ4v) is 4.69. The molecule has 0 bridgehead atoms. The molecule has 0 spiro atoms. The molecule has 1 amide bonds. The number of piperazine rings is 1. The van der Waals surface area contributed by atoms with Crippen molar-refractivity contribution in [1.82, 2.24) is 14.8 Å². The fraction of sp³-hybridized carbons (Fsp3) is 0.448. The zero-order valence-electron chi connectivity index (χ0n) is 22.7. The van der Waals surface area contributed by atoms with Crippen LogP contribution >= 0.6 is 0 Å². The lowest BCUT2D eigenvalue weighted by Crippen LogP contribution is -2.47. The van der Waals surface area contributed by atoms with Gasteiger partial charge in [0.2, 0.25) is 5.90 Å². The number of benzene rings is 1. The van der Waals surface area contributed by atoms with Crippen molar-refractivity contribution in [2.45, 2.75) is 45.6 Å². The van der Waals surface area contributed by atoms with Crippen molar-refractivity contribution in [1.29, 1.82) is 5.41 Å². The number of nitrogens with zero attached hydrogens (tertiary/aromatic N) is 3. The molecule has 202 valence electrons. The number of aromatic nitrogens is 1. The van der Waals surface area contributed by atoms with Crippen LogP contribution in [0.1, 0.15) is 65.9 Å². The smallest absolute Gasteiger partial charge is 0.356 e. The van der Waals surface area contributed by atoms with Crippen molar-refractivity contribution in [2.24, 2.45) is 0 Å². The summed E-state index contributed by atoms with van der Waals surface area (Å²) < 4.78 is 10.8. The highest BCUT2D eigenvalue weighted by atomic mass is 16.5. The highest BCUT2D eigenvalue weighted by molar-refractivity contribution is 6.05. The molecule has 0 saturated carbocycles. The Hall–Kier alpha value is -3.72. The van der Waals surface area contributed by atoms with Crippen LogP contribution in [0.15, 0.2) is 42.1 Å². The third kappa shape index (κ3) is 6.39. The normalized spacial score (nSPS) is 16.1.